The maximum Gasteiger partial charge on any atom is 0.342 e. The van der Waals surface area contributed by atoms with Gasteiger partial charge in [-0.1, -0.05) is 0 Å². The molecule has 0 amide bonds. The van der Waals surface area contributed by atoms with Crippen LogP contribution in [0.25, 0.3) is 0 Å². The number of methoxy groups -OCH3 is 1. The lowest BCUT2D eigenvalue weighted by molar-refractivity contribution is -0.385. The predicted octanol–water partition coefficient (Wildman–Crippen LogP) is 1.21. The van der Waals surface area contributed by atoms with E-state index in [1.54, 1.807) is 0 Å². The molecule has 0 heterocycles. The molecule has 8 nitrogen and oxygen atoms in total. The molecule has 0 aliphatic heterocycles. The van der Waals surface area contributed by atoms with Gasteiger partial charge in [0, 0.05) is 11.6 Å². The van der Waals surface area contributed by atoms with Gasteiger partial charge in [0.25, 0.3) is 5.69 Å². The number of ether oxygens (including phenoxy) is 2. The quantitative estimate of drug-likeness (QED) is 0.459. The third-order valence-corrected chi connectivity index (χ3v) is 2.71. The summed E-state index contributed by atoms with van der Waals surface area (Å²) >= 11 is 0. The van der Waals surface area contributed by atoms with Gasteiger partial charge in [0.2, 0.25) is 6.17 Å². The van der Waals surface area contributed by atoms with E-state index in [0.29, 0.717) is 0 Å². The molecule has 9 heteroatoms. The Morgan fingerprint density at radius 1 is 1.57 bits per heavy atom. The number of aromatic hydroxyl groups is 1. The SMILES string of the molecule is CCOC(=O)C(F)[C@@H](N)c1cc([N+](=O)[O-])cc(OC)c1O. The third-order valence-electron chi connectivity index (χ3n) is 2.71. The highest BCUT2D eigenvalue weighted by Crippen LogP contribution is 2.38. The Bertz CT molecular complexity index is 551. The Balaban J connectivity index is 3.24. The molecule has 1 aromatic rings. The van der Waals surface area contributed by atoms with Crippen LogP contribution < -0.4 is 10.5 Å². The number of benzene rings is 1. The number of esters is 1. The maximum absolute atomic E-state index is 13.9. The van der Waals surface area contributed by atoms with Crippen molar-refractivity contribution in [3.05, 3.63) is 27.8 Å². The summed E-state index contributed by atoms with van der Waals surface area (Å²) in [6, 6.07) is 0.218. The molecule has 0 radical (unpaired) electrons. The summed E-state index contributed by atoms with van der Waals surface area (Å²) in [5.41, 5.74) is 4.78. The van der Waals surface area contributed by atoms with E-state index in [0.717, 1.165) is 12.1 Å². The zero-order valence-corrected chi connectivity index (χ0v) is 11.4. The highest BCUT2D eigenvalue weighted by Gasteiger charge is 2.32. The van der Waals surface area contributed by atoms with Crippen LogP contribution in [0.15, 0.2) is 12.1 Å². The third kappa shape index (κ3) is 3.57. The van der Waals surface area contributed by atoms with Crippen molar-refractivity contribution < 1.29 is 28.7 Å². The van der Waals surface area contributed by atoms with Gasteiger partial charge < -0.3 is 20.3 Å². The van der Waals surface area contributed by atoms with Crippen molar-refractivity contribution in [3.63, 3.8) is 0 Å². The van der Waals surface area contributed by atoms with Gasteiger partial charge in [-0.25, -0.2) is 9.18 Å². The summed E-state index contributed by atoms with van der Waals surface area (Å²) in [6.45, 7) is 1.44. The van der Waals surface area contributed by atoms with Gasteiger partial charge in [0.1, 0.15) is 0 Å². The van der Waals surface area contributed by atoms with Gasteiger partial charge in [-0.2, -0.15) is 0 Å². The Morgan fingerprint density at radius 3 is 2.67 bits per heavy atom. The summed E-state index contributed by atoms with van der Waals surface area (Å²) in [7, 11) is 1.17. The van der Waals surface area contributed by atoms with E-state index in [-0.39, 0.29) is 17.9 Å². The number of phenols is 1. The average Bonchev–Trinajstić information content (AvgIpc) is 2.45. The lowest BCUT2D eigenvalue weighted by Crippen LogP contribution is -2.31. The molecule has 0 saturated heterocycles. The molecule has 0 bridgehead atoms. The highest BCUT2D eigenvalue weighted by molar-refractivity contribution is 5.76. The molecule has 1 rings (SSSR count). The monoisotopic (exact) mass is 302 g/mol. The van der Waals surface area contributed by atoms with Gasteiger partial charge >= 0.3 is 5.97 Å². The van der Waals surface area contributed by atoms with Crippen molar-refractivity contribution in [2.45, 2.75) is 19.1 Å². The molecule has 0 spiro atoms. The lowest BCUT2D eigenvalue weighted by atomic mass is 10.0. The van der Waals surface area contributed by atoms with Crippen LogP contribution in [0.3, 0.4) is 0 Å². The number of rotatable bonds is 6. The first kappa shape index (κ1) is 16.6. The molecular weight excluding hydrogens is 287 g/mol. The predicted molar refractivity (Wildman–Crippen MR) is 69.8 cm³/mol. The molecular formula is C12H15FN2O6. The van der Waals surface area contributed by atoms with Crippen LogP contribution in [-0.2, 0) is 9.53 Å². The second kappa shape index (κ2) is 6.84. The van der Waals surface area contributed by atoms with Gasteiger partial charge in [-0.3, -0.25) is 10.1 Å². The standard InChI is InChI=1S/C12H15FN2O6/c1-3-21-12(17)9(13)10(14)7-4-6(15(18)19)5-8(20-2)11(7)16/h4-5,9-10,16H,3,14H2,1-2H3/t9?,10-/m0/s1. The maximum atomic E-state index is 13.9. The summed E-state index contributed by atoms with van der Waals surface area (Å²) in [5.74, 6) is -2.02. The van der Waals surface area contributed by atoms with Crippen LogP contribution in [0.1, 0.15) is 18.5 Å². The van der Waals surface area contributed by atoms with Crippen molar-refractivity contribution in [2.75, 3.05) is 13.7 Å². The minimum absolute atomic E-state index is 0.0454. The van der Waals surface area contributed by atoms with E-state index in [1.807, 2.05) is 0 Å². The van der Waals surface area contributed by atoms with Gasteiger partial charge in [0.05, 0.1) is 30.7 Å². The summed E-state index contributed by atoms with van der Waals surface area (Å²) in [5, 5.41) is 20.7. The Hall–Kier alpha value is -2.42. The number of nitro groups is 1. The number of nitrogens with two attached hydrogens (primary N) is 1. The zero-order valence-electron chi connectivity index (χ0n) is 11.4. The minimum atomic E-state index is -2.28. The van der Waals surface area contributed by atoms with Crippen molar-refractivity contribution >= 4 is 11.7 Å². The molecule has 2 atom stereocenters. The molecule has 0 saturated carbocycles. The topological polar surface area (TPSA) is 125 Å². The van der Waals surface area contributed by atoms with E-state index >= 15 is 0 Å². The molecule has 3 N–H and O–H groups in total. The normalized spacial score (nSPS) is 13.3. The first-order valence-corrected chi connectivity index (χ1v) is 5.95. The fourth-order valence-electron chi connectivity index (χ4n) is 1.66. The first-order chi connectivity index (χ1) is 9.83. The molecule has 0 aliphatic carbocycles. The summed E-state index contributed by atoms with van der Waals surface area (Å²) in [6.07, 6.45) is -2.28. The number of carbonyl (C=O) groups is 1. The number of carbonyl (C=O) groups excluding carboxylic acids is 1. The number of nitrogens with zero attached hydrogens (tertiary/aromatic N) is 1. The van der Waals surface area contributed by atoms with E-state index in [2.05, 4.69) is 4.74 Å². The van der Waals surface area contributed by atoms with Crippen LogP contribution in [-0.4, -0.2) is 35.9 Å². The largest absolute Gasteiger partial charge is 0.504 e. The second-order valence-corrected chi connectivity index (χ2v) is 4.02. The minimum Gasteiger partial charge on any atom is -0.504 e. The van der Waals surface area contributed by atoms with Gasteiger partial charge in [-0.05, 0) is 6.92 Å². The fourth-order valence-corrected chi connectivity index (χ4v) is 1.66. The summed E-state index contributed by atoms with van der Waals surface area (Å²) < 4.78 is 23.1. The number of hydrogen-bond acceptors (Lipinski definition) is 7. The van der Waals surface area contributed by atoms with Crippen molar-refractivity contribution in [1.82, 2.24) is 0 Å². The zero-order chi connectivity index (χ0) is 16.2. The Kier molecular flexibility index (Phi) is 5.42. The van der Waals surface area contributed by atoms with Crippen LogP contribution in [0, 0.1) is 10.1 Å². The van der Waals surface area contributed by atoms with Crippen LogP contribution in [0.2, 0.25) is 0 Å². The Morgan fingerprint density at radius 2 is 2.19 bits per heavy atom. The first-order valence-electron chi connectivity index (χ1n) is 5.95. The second-order valence-electron chi connectivity index (χ2n) is 4.02. The fraction of sp³-hybridized carbons (Fsp3) is 0.417. The van der Waals surface area contributed by atoms with E-state index in [9.17, 15) is 24.4 Å². The average molecular weight is 302 g/mol. The number of nitro benzene ring substituents is 1. The van der Waals surface area contributed by atoms with E-state index in [4.69, 9.17) is 10.5 Å². The molecule has 21 heavy (non-hydrogen) atoms. The number of alkyl halides is 1. The molecule has 0 fully saturated rings. The number of phenolic OH excluding ortho intramolecular Hbond substituents is 1. The number of halogens is 1. The lowest BCUT2D eigenvalue weighted by Gasteiger charge is -2.18. The van der Waals surface area contributed by atoms with Crippen LogP contribution in [0.5, 0.6) is 11.5 Å². The molecule has 0 aliphatic rings. The van der Waals surface area contributed by atoms with Crippen molar-refractivity contribution in [3.8, 4) is 11.5 Å². The highest BCUT2D eigenvalue weighted by atomic mass is 19.1. The molecule has 116 valence electrons. The van der Waals surface area contributed by atoms with E-state index < -0.39 is 34.5 Å². The molecule has 1 unspecified atom stereocenters. The van der Waals surface area contributed by atoms with Crippen molar-refractivity contribution in [2.24, 2.45) is 5.73 Å². The van der Waals surface area contributed by atoms with Crippen LogP contribution >= 0.6 is 0 Å². The molecule has 0 aromatic heterocycles. The van der Waals surface area contributed by atoms with Crippen LogP contribution in [0.4, 0.5) is 10.1 Å². The van der Waals surface area contributed by atoms with Crippen molar-refractivity contribution in [1.29, 1.82) is 0 Å². The number of hydrogen-bond donors (Lipinski definition) is 2. The number of non-ortho nitro benzene ring substituents is 1. The smallest absolute Gasteiger partial charge is 0.342 e. The molecule has 1 aromatic carbocycles. The summed E-state index contributed by atoms with van der Waals surface area (Å²) in [4.78, 5) is 21.4. The van der Waals surface area contributed by atoms with Gasteiger partial charge in [-0.15, -0.1) is 0 Å². The van der Waals surface area contributed by atoms with Gasteiger partial charge in [0.15, 0.2) is 11.5 Å². The van der Waals surface area contributed by atoms with E-state index in [1.165, 1.54) is 14.0 Å². The Labute approximate surface area is 119 Å².